The average molecular weight is 413 g/mol. The van der Waals surface area contributed by atoms with Gasteiger partial charge >= 0.3 is 6.09 Å². The largest absolute Gasteiger partial charge is 0.415 e. The maximum absolute atomic E-state index is 12.3. The molecule has 1 N–H and O–H groups in total. The summed E-state index contributed by atoms with van der Waals surface area (Å²) in [6, 6.07) is 6.76. The van der Waals surface area contributed by atoms with E-state index < -0.39 is 6.09 Å². The Hall–Kier alpha value is -1.83. The van der Waals surface area contributed by atoms with E-state index in [1.807, 2.05) is 0 Å². The molecule has 2 amide bonds. The summed E-state index contributed by atoms with van der Waals surface area (Å²) in [7, 11) is 3.45. The van der Waals surface area contributed by atoms with Gasteiger partial charge in [0.05, 0.1) is 6.10 Å². The number of rotatable bonds is 8. The smallest absolute Gasteiger partial charge is 0.410 e. The zero-order valence-corrected chi connectivity index (χ0v) is 17.2. The molecule has 1 aromatic carbocycles. The molecule has 0 aliphatic heterocycles. The molecule has 0 spiro atoms. The van der Waals surface area contributed by atoms with Crippen LogP contribution >= 0.6 is 11.6 Å². The number of hydrogen-bond donors (Lipinski definition) is 1. The van der Waals surface area contributed by atoms with Gasteiger partial charge in [-0.2, -0.15) is 0 Å². The predicted molar refractivity (Wildman–Crippen MR) is 107 cm³/mol. The van der Waals surface area contributed by atoms with Crippen LogP contribution in [0.4, 0.5) is 4.79 Å². The lowest BCUT2D eigenvalue weighted by atomic mass is 9.92. The highest BCUT2D eigenvalue weighted by Gasteiger charge is 2.28. The molecule has 1 aliphatic rings. The molecule has 1 aromatic rings. The van der Waals surface area contributed by atoms with Gasteiger partial charge in [0.25, 0.3) is 0 Å². The molecule has 28 heavy (non-hydrogen) atoms. The third-order valence-electron chi connectivity index (χ3n) is 5.02. The number of nitrogens with zero attached hydrogens (tertiary/aromatic N) is 2. The molecule has 0 heterocycles. The number of aliphatic hydroxyl groups excluding tert-OH is 1. The molecular weight excluding hydrogens is 384 g/mol. The van der Waals surface area contributed by atoms with Crippen molar-refractivity contribution in [3.8, 4) is 5.75 Å². The summed E-state index contributed by atoms with van der Waals surface area (Å²) in [5, 5.41) is 9.41. The molecule has 156 valence electrons. The van der Waals surface area contributed by atoms with Gasteiger partial charge in [-0.1, -0.05) is 11.6 Å². The molecule has 0 atom stereocenters. The Labute approximate surface area is 171 Å². The Morgan fingerprint density at radius 2 is 1.79 bits per heavy atom. The number of carbonyl (C=O) groups excluding carboxylic acids is 2. The first-order valence-electron chi connectivity index (χ1n) is 9.57. The summed E-state index contributed by atoms with van der Waals surface area (Å²) in [5.41, 5.74) is 0. The quantitative estimate of drug-likeness (QED) is 0.710. The topological polar surface area (TPSA) is 79.3 Å². The molecule has 8 heteroatoms. The Morgan fingerprint density at radius 1 is 1.14 bits per heavy atom. The number of benzene rings is 1. The highest BCUT2D eigenvalue weighted by atomic mass is 35.5. The molecule has 0 radical (unpaired) electrons. The summed E-state index contributed by atoms with van der Waals surface area (Å²) >= 11 is 5.83. The van der Waals surface area contributed by atoms with Gasteiger partial charge in [-0.3, -0.25) is 4.79 Å². The standard InChI is InChI=1S/C20H29ClN2O5/c1-22(12-3-13-24)19(25)14-27-17-10-6-16(7-11-17)23(2)20(26)28-18-8-4-15(21)5-9-18/h4-5,8-9,16-17,24H,3,6-7,10-14H2,1-2H3/t16-,17-. The number of hydrogen-bond acceptors (Lipinski definition) is 5. The SMILES string of the molecule is CN(CCCO)C(=O)CO[C@H]1CC[C@H](N(C)C(=O)Oc2ccc(Cl)cc2)CC1. The van der Waals surface area contributed by atoms with Gasteiger partial charge in [-0.15, -0.1) is 0 Å². The lowest BCUT2D eigenvalue weighted by Gasteiger charge is -2.34. The fourth-order valence-electron chi connectivity index (χ4n) is 3.16. The number of amides is 2. The molecule has 1 fully saturated rings. The molecule has 0 aromatic heterocycles. The number of aliphatic hydroxyl groups is 1. The van der Waals surface area contributed by atoms with Gasteiger partial charge < -0.3 is 24.4 Å². The third-order valence-corrected chi connectivity index (χ3v) is 5.27. The second kappa shape index (κ2) is 11.2. The van der Waals surface area contributed by atoms with Gasteiger partial charge in [0.1, 0.15) is 12.4 Å². The van der Waals surface area contributed by atoms with Crippen molar-refractivity contribution in [1.29, 1.82) is 0 Å². The van der Waals surface area contributed by atoms with Crippen LogP contribution in [0.25, 0.3) is 0 Å². The van der Waals surface area contributed by atoms with Crippen LogP contribution < -0.4 is 4.74 Å². The summed E-state index contributed by atoms with van der Waals surface area (Å²) in [6.45, 7) is 0.633. The number of halogens is 1. The molecule has 1 saturated carbocycles. The highest BCUT2D eigenvalue weighted by molar-refractivity contribution is 6.30. The van der Waals surface area contributed by atoms with E-state index >= 15 is 0 Å². The summed E-state index contributed by atoms with van der Waals surface area (Å²) in [6.07, 6.45) is 3.36. The van der Waals surface area contributed by atoms with E-state index in [4.69, 9.17) is 26.2 Å². The zero-order chi connectivity index (χ0) is 20.5. The van der Waals surface area contributed by atoms with Crippen LogP contribution in [0.1, 0.15) is 32.1 Å². The first-order chi connectivity index (χ1) is 13.4. The number of carbonyl (C=O) groups is 2. The summed E-state index contributed by atoms with van der Waals surface area (Å²) < 4.78 is 11.1. The molecule has 2 rings (SSSR count). The second-order valence-corrected chi connectivity index (χ2v) is 7.50. The van der Waals surface area contributed by atoms with Gasteiger partial charge in [-0.25, -0.2) is 4.79 Å². The summed E-state index contributed by atoms with van der Waals surface area (Å²) in [5.74, 6) is 0.376. The van der Waals surface area contributed by atoms with Crippen molar-refractivity contribution in [3.05, 3.63) is 29.3 Å². The van der Waals surface area contributed by atoms with Crippen LogP contribution in [0, 0.1) is 0 Å². The zero-order valence-electron chi connectivity index (χ0n) is 16.5. The molecule has 0 saturated heterocycles. The third kappa shape index (κ3) is 6.96. The van der Waals surface area contributed by atoms with Crippen LogP contribution in [-0.2, 0) is 9.53 Å². The first kappa shape index (κ1) is 22.5. The fraction of sp³-hybridized carbons (Fsp3) is 0.600. The minimum Gasteiger partial charge on any atom is -0.410 e. The van der Waals surface area contributed by atoms with Gasteiger partial charge in [0.2, 0.25) is 5.91 Å². The van der Waals surface area contributed by atoms with Crippen LogP contribution in [0.15, 0.2) is 24.3 Å². The second-order valence-electron chi connectivity index (χ2n) is 7.07. The number of likely N-dealkylation sites (N-methyl/N-ethyl adjacent to an activating group) is 1. The van der Waals surface area contributed by atoms with Crippen LogP contribution in [0.5, 0.6) is 5.75 Å². The normalized spacial score (nSPS) is 19.1. The van der Waals surface area contributed by atoms with E-state index in [0.29, 0.717) is 23.7 Å². The molecule has 1 aliphatic carbocycles. The molecular formula is C20H29ClN2O5. The van der Waals surface area contributed by atoms with Crippen LogP contribution in [-0.4, -0.2) is 72.9 Å². The lowest BCUT2D eigenvalue weighted by molar-refractivity contribution is -0.137. The van der Waals surface area contributed by atoms with Gasteiger partial charge in [0, 0.05) is 38.3 Å². The highest BCUT2D eigenvalue weighted by Crippen LogP contribution is 2.25. The van der Waals surface area contributed by atoms with Crippen molar-refractivity contribution >= 4 is 23.6 Å². The van der Waals surface area contributed by atoms with Crippen molar-refractivity contribution in [1.82, 2.24) is 9.80 Å². The van der Waals surface area contributed by atoms with Crippen LogP contribution in [0.3, 0.4) is 0 Å². The van der Waals surface area contributed by atoms with E-state index in [0.717, 1.165) is 25.7 Å². The molecule has 0 unspecified atom stereocenters. The Balaban J connectivity index is 1.71. The Kier molecular flexibility index (Phi) is 9.02. The fourth-order valence-corrected chi connectivity index (χ4v) is 3.28. The van der Waals surface area contributed by atoms with Crippen molar-refractivity contribution in [2.45, 2.75) is 44.2 Å². The van der Waals surface area contributed by atoms with Crippen molar-refractivity contribution in [3.63, 3.8) is 0 Å². The monoisotopic (exact) mass is 412 g/mol. The van der Waals surface area contributed by atoms with E-state index in [9.17, 15) is 9.59 Å². The van der Waals surface area contributed by atoms with Gasteiger partial charge in [0.15, 0.2) is 0 Å². The maximum atomic E-state index is 12.3. The Morgan fingerprint density at radius 3 is 2.39 bits per heavy atom. The van der Waals surface area contributed by atoms with E-state index in [1.165, 1.54) is 0 Å². The first-order valence-corrected chi connectivity index (χ1v) is 9.95. The van der Waals surface area contributed by atoms with Crippen molar-refractivity contribution in [2.75, 3.05) is 33.9 Å². The lowest BCUT2D eigenvalue weighted by Crippen LogP contribution is -2.42. The summed E-state index contributed by atoms with van der Waals surface area (Å²) in [4.78, 5) is 27.5. The van der Waals surface area contributed by atoms with E-state index in [-0.39, 0.29) is 31.3 Å². The molecule has 0 bridgehead atoms. The number of ether oxygens (including phenoxy) is 2. The van der Waals surface area contributed by atoms with Crippen molar-refractivity contribution < 1.29 is 24.2 Å². The Bertz CT molecular complexity index is 632. The van der Waals surface area contributed by atoms with Crippen molar-refractivity contribution in [2.24, 2.45) is 0 Å². The average Bonchev–Trinajstić information content (AvgIpc) is 2.71. The molecule has 7 nitrogen and oxygen atoms in total. The van der Waals surface area contributed by atoms with E-state index in [1.54, 1.807) is 48.2 Å². The van der Waals surface area contributed by atoms with Crippen LogP contribution in [0.2, 0.25) is 5.02 Å². The minimum atomic E-state index is -0.396. The minimum absolute atomic E-state index is 0.0205. The van der Waals surface area contributed by atoms with Gasteiger partial charge in [-0.05, 0) is 56.4 Å². The van der Waals surface area contributed by atoms with E-state index in [2.05, 4.69) is 0 Å². The predicted octanol–water partition coefficient (Wildman–Crippen LogP) is 2.94. The maximum Gasteiger partial charge on any atom is 0.415 e.